The lowest BCUT2D eigenvalue weighted by Crippen LogP contribution is -2.53. The number of carboxylic acid groups (broad SMARTS) is 1. The van der Waals surface area contributed by atoms with Gasteiger partial charge in [0, 0.05) is 25.2 Å². The van der Waals surface area contributed by atoms with Crippen molar-refractivity contribution in [2.45, 2.75) is 44.4 Å². The van der Waals surface area contributed by atoms with Gasteiger partial charge in [-0.05, 0) is 31.9 Å². The summed E-state index contributed by atoms with van der Waals surface area (Å²) in [5.41, 5.74) is 1.33. The Labute approximate surface area is 165 Å². The van der Waals surface area contributed by atoms with Gasteiger partial charge in [-0.3, -0.25) is 9.59 Å². The second kappa shape index (κ2) is 9.06. The molecule has 29 heavy (non-hydrogen) atoms. The van der Waals surface area contributed by atoms with Crippen molar-refractivity contribution in [3.63, 3.8) is 0 Å². The van der Waals surface area contributed by atoms with E-state index in [4.69, 9.17) is 9.90 Å². The summed E-state index contributed by atoms with van der Waals surface area (Å²) in [6, 6.07) is 5.73. The summed E-state index contributed by atoms with van der Waals surface area (Å²) in [4.78, 5) is 41.8. The monoisotopic (exact) mass is 413 g/mol. The van der Waals surface area contributed by atoms with Crippen molar-refractivity contribution in [2.24, 2.45) is 0 Å². The van der Waals surface area contributed by atoms with Crippen LogP contribution in [0, 0.1) is 6.92 Å². The van der Waals surface area contributed by atoms with Crippen LogP contribution < -0.4 is 0 Å². The zero-order chi connectivity index (χ0) is 21.8. The standard InChI is InChI=1S/C17H21N3O2.C2HF3O2/c1-3-10-19-15-9-11-20(14(15)7-8-16(19)21)17(22)13-6-4-5-12(2)18-13;3-2(4,5)1(6)7/h3-6,14-15H,1,7-11H2,2H3;(H,6,7)/t14-,15-;/m1./s1. The number of hydrogen-bond acceptors (Lipinski definition) is 4. The summed E-state index contributed by atoms with van der Waals surface area (Å²) >= 11 is 0. The first-order valence-electron chi connectivity index (χ1n) is 9.01. The van der Waals surface area contributed by atoms with Gasteiger partial charge in [0.15, 0.2) is 0 Å². The summed E-state index contributed by atoms with van der Waals surface area (Å²) in [5, 5.41) is 7.12. The number of fused-ring (bicyclic) bond motifs is 1. The summed E-state index contributed by atoms with van der Waals surface area (Å²) < 4.78 is 31.7. The molecular weight excluding hydrogens is 391 g/mol. The number of pyridine rings is 1. The quantitative estimate of drug-likeness (QED) is 0.769. The molecule has 1 N–H and O–H groups in total. The van der Waals surface area contributed by atoms with Crippen LogP contribution in [0.5, 0.6) is 0 Å². The Kier molecular flexibility index (Phi) is 6.99. The van der Waals surface area contributed by atoms with Crippen molar-refractivity contribution in [3.05, 3.63) is 42.2 Å². The van der Waals surface area contributed by atoms with E-state index >= 15 is 0 Å². The molecule has 0 aromatic carbocycles. The molecule has 2 aliphatic heterocycles. The van der Waals surface area contributed by atoms with E-state index in [0.29, 0.717) is 25.2 Å². The summed E-state index contributed by atoms with van der Waals surface area (Å²) in [6.07, 6.45) is -1.25. The van der Waals surface area contributed by atoms with Crippen LogP contribution in [-0.2, 0) is 9.59 Å². The van der Waals surface area contributed by atoms with E-state index in [1.54, 1.807) is 12.1 Å². The molecule has 7 nitrogen and oxygen atoms in total. The number of nitrogens with zero attached hydrogens (tertiary/aromatic N) is 3. The number of aliphatic carboxylic acids is 1. The molecular formula is C19H22F3N3O4. The van der Waals surface area contributed by atoms with Crippen LogP contribution in [0.25, 0.3) is 0 Å². The molecule has 10 heteroatoms. The van der Waals surface area contributed by atoms with Crippen molar-refractivity contribution < 1.29 is 32.7 Å². The molecule has 2 aliphatic rings. The Bertz CT molecular complexity index is 797. The molecule has 0 unspecified atom stereocenters. The largest absolute Gasteiger partial charge is 0.490 e. The van der Waals surface area contributed by atoms with Gasteiger partial charge in [-0.2, -0.15) is 13.2 Å². The minimum absolute atomic E-state index is 0.0240. The normalized spacial score (nSPS) is 21.2. The number of carboxylic acids is 1. The van der Waals surface area contributed by atoms with Gasteiger partial charge in [-0.25, -0.2) is 9.78 Å². The van der Waals surface area contributed by atoms with E-state index in [-0.39, 0.29) is 23.9 Å². The molecule has 2 amide bonds. The van der Waals surface area contributed by atoms with Gasteiger partial charge >= 0.3 is 12.1 Å². The molecule has 2 atom stereocenters. The fraction of sp³-hybridized carbons (Fsp3) is 0.474. The van der Waals surface area contributed by atoms with Crippen molar-refractivity contribution in [1.29, 1.82) is 0 Å². The lowest BCUT2D eigenvalue weighted by molar-refractivity contribution is -0.192. The molecule has 3 rings (SSSR count). The molecule has 1 aromatic rings. The Hall–Kier alpha value is -2.91. The van der Waals surface area contributed by atoms with E-state index in [9.17, 15) is 22.8 Å². The summed E-state index contributed by atoms with van der Waals surface area (Å²) in [6.45, 7) is 6.86. The summed E-state index contributed by atoms with van der Waals surface area (Å²) in [5.74, 6) is -2.61. The Balaban J connectivity index is 0.000000370. The van der Waals surface area contributed by atoms with E-state index in [1.165, 1.54) is 0 Å². The molecule has 2 fully saturated rings. The van der Waals surface area contributed by atoms with Gasteiger partial charge in [0.05, 0.1) is 12.1 Å². The number of aryl methyl sites for hydroxylation is 1. The third-order valence-corrected chi connectivity index (χ3v) is 4.82. The Morgan fingerprint density at radius 2 is 1.97 bits per heavy atom. The molecule has 0 radical (unpaired) electrons. The highest BCUT2D eigenvalue weighted by Gasteiger charge is 2.44. The lowest BCUT2D eigenvalue weighted by Gasteiger charge is -2.39. The maximum Gasteiger partial charge on any atom is 0.490 e. The zero-order valence-electron chi connectivity index (χ0n) is 15.9. The van der Waals surface area contributed by atoms with Crippen LogP contribution in [-0.4, -0.2) is 69.0 Å². The van der Waals surface area contributed by atoms with Crippen molar-refractivity contribution >= 4 is 17.8 Å². The SMILES string of the molecule is C=CCN1C(=O)CC[C@@H]2[C@H]1CCN2C(=O)c1cccc(C)n1.O=C(O)C(F)(F)F. The minimum atomic E-state index is -5.08. The van der Waals surface area contributed by atoms with E-state index in [2.05, 4.69) is 11.6 Å². The molecule has 0 bridgehead atoms. The maximum atomic E-state index is 12.7. The molecule has 0 aliphatic carbocycles. The number of carbonyl (C=O) groups excluding carboxylic acids is 2. The van der Waals surface area contributed by atoms with E-state index in [0.717, 1.165) is 18.5 Å². The molecule has 3 heterocycles. The third kappa shape index (κ3) is 5.33. The second-order valence-corrected chi connectivity index (χ2v) is 6.76. The molecule has 2 saturated heterocycles. The average molecular weight is 413 g/mol. The highest BCUT2D eigenvalue weighted by atomic mass is 19.4. The molecule has 0 saturated carbocycles. The molecule has 1 aromatic heterocycles. The number of likely N-dealkylation sites (tertiary alicyclic amines) is 2. The van der Waals surface area contributed by atoms with Gasteiger partial charge in [0.25, 0.3) is 5.91 Å². The van der Waals surface area contributed by atoms with Crippen molar-refractivity contribution in [2.75, 3.05) is 13.1 Å². The van der Waals surface area contributed by atoms with Gasteiger partial charge in [-0.1, -0.05) is 12.1 Å². The number of amides is 2. The number of carbonyl (C=O) groups is 3. The van der Waals surface area contributed by atoms with Gasteiger partial charge < -0.3 is 14.9 Å². The lowest BCUT2D eigenvalue weighted by atomic mass is 9.96. The number of hydrogen-bond donors (Lipinski definition) is 1. The first kappa shape index (κ1) is 22.4. The zero-order valence-corrected chi connectivity index (χ0v) is 15.9. The molecule has 158 valence electrons. The van der Waals surface area contributed by atoms with Crippen LogP contribution in [0.3, 0.4) is 0 Å². The van der Waals surface area contributed by atoms with Crippen molar-refractivity contribution in [1.82, 2.24) is 14.8 Å². The maximum absolute atomic E-state index is 12.7. The number of rotatable bonds is 3. The third-order valence-electron chi connectivity index (χ3n) is 4.82. The van der Waals surface area contributed by atoms with Crippen LogP contribution in [0.15, 0.2) is 30.9 Å². The summed E-state index contributed by atoms with van der Waals surface area (Å²) in [7, 11) is 0. The second-order valence-electron chi connectivity index (χ2n) is 6.76. The first-order valence-corrected chi connectivity index (χ1v) is 9.01. The number of piperidine rings is 1. The fourth-order valence-electron chi connectivity index (χ4n) is 3.59. The van der Waals surface area contributed by atoms with Gasteiger partial charge in [0.2, 0.25) is 5.91 Å². The van der Waals surface area contributed by atoms with E-state index in [1.807, 2.05) is 28.9 Å². The van der Waals surface area contributed by atoms with Crippen LogP contribution in [0.1, 0.15) is 35.4 Å². The number of alkyl halides is 3. The predicted octanol–water partition coefficient (Wildman–Crippen LogP) is 2.41. The fourth-order valence-corrected chi connectivity index (χ4v) is 3.59. The predicted molar refractivity (Wildman–Crippen MR) is 97.0 cm³/mol. The Morgan fingerprint density at radius 3 is 2.52 bits per heavy atom. The van der Waals surface area contributed by atoms with Gasteiger partial charge in [0.1, 0.15) is 5.69 Å². The molecule has 0 spiro atoms. The highest BCUT2D eigenvalue weighted by molar-refractivity contribution is 5.93. The van der Waals surface area contributed by atoms with Crippen LogP contribution in [0.4, 0.5) is 13.2 Å². The topological polar surface area (TPSA) is 90.8 Å². The Morgan fingerprint density at radius 1 is 1.31 bits per heavy atom. The van der Waals surface area contributed by atoms with E-state index < -0.39 is 12.1 Å². The van der Waals surface area contributed by atoms with Gasteiger partial charge in [-0.15, -0.1) is 6.58 Å². The van der Waals surface area contributed by atoms with Crippen LogP contribution >= 0.6 is 0 Å². The number of aromatic nitrogens is 1. The smallest absolute Gasteiger partial charge is 0.475 e. The highest BCUT2D eigenvalue weighted by Crippen LogP contribution is 2.32. The van der Waals surface area contributed by atoms with Crippen molar-refractivity contribution in [3.8, 4) is 0 Å². The average Bonchev–Trinajstić information content (AvgIpc) is 3.07. The van der Waals surface area contributed by atoms with Crippen LogP contribution in [0.2, 0.25) is 0 Å². The number of halogens is 3. The first-order chi connectivity index (χ1) is 13.6. The minimum Gasteiger partial charge on any atom is -0.475 e.